The van der Waals surface area contributed by atoms with Gasteiger partial charge in [-0.15, -0.1) is 72.4 Å². The molecule has 0 aromatic rings. The van der Waals surface area contributed by atoms with Crippen LogP contribution in [0.3, 0.4) is 0 Å². The van der Waals surface area contributed by atoms with Crippen LogP contribution in [0.25, 0.3) is 0 Å². The minimum atomic E-state index is -5.92. The molecule has 0 aromatic heterocycles. The summed E-state index contributed by atoms with van der Waals surface area (Å²) in [5.74, 6) is 0. The Bertz CT molecular complexity index is 403. The maximum Gasteiger partial charge on any atom is 4.00 e. The SMILES string of the molecule is [O-][Si]([O-])([O-])O[Si]([O-])([O-])[O-].[O-][Si]([O-])([O-])O[Si]([O-])([O-])[O-].[O-][Si]([O-])([O-])O[Si]([O-])([O-])[O-].[O-][Si]([O-])([O-])O[Si]([O-])([O-])[O-].[Si+4].[Si+4].[Si+4].[Si+4].[Si+4].[Si+4]. The van der Waals surface area contributed by atoms with Crippen molar-refractivity contribution < 1.29 is 132 Å². The minimum Gasteiger partial charge on any atom is -0.862 e. The van der Waals surface area contributed by atoms with Gasteiger partial charge in [0.1, 0.15) is 0 Å². The third-order valence-electron chi connectivity index (χ3n) is 1.000. The molecule has 0 rings (SSSR count). The molecule has 0 radical (unpaired) electrons. The van der Waals surface area contributed by atoms with Crippen LogP contribution >= 0.6 is 0 Å². The summed E-state index contributed by atoms with van der Waals surface area (Å²) in [6, 6.07) is 0. The van der Waals surface area contributed by atoms with Crippen LogP contribution in [0.15, 0.2) is 0 Å². The van der Waals surface area contributed by atoms with Gasteiger partial charge in [0.25, 0.3) is 0 Å². The molecule has 0 atom stereocenters. The molecule has 0 fully saturated rings. The van der Waals surface area contributed by atoms with Gasteiger partial charge in [-0.3, -0.25) is 0 Å². The first-order valence-corrected chi connectivity index (χ1v) is 19.6. The van der Waals surface area contributed by atoms with E-state index in [1.807, 2.05) is 0 Å². The van der Waals surface area contributed by atoms with E-state index < -0.39 is 72.4 Å². The predicted octanol–water partition coefficient (Wildman–Crippen LogP) is -34.1. The van der Waals surface area contributed by atoms with Crippen LogP contribution in [0.1, 0.15) is 0 Å². The third kappa shape index (κ3) is 104. The third-order valence-corrected chi connectivity index (χ3v) is 9.00. The molecule has 0 unspecified atom stereocenters. The zero-order valence-corrected chi connectivity index (χ0v) is 32.4. The normalized spacial score (nSPS) is 12.0. The maximum absolute atomic E-state index is 9.36. The number of hydrogen-bond acceptors (Lipinski definition) is 28. The molecule has 28 nitrogen and oxygen atoms in total. The Morgan fingerprint density at radius 2 is 0.214 bits per heavy atom. The molecule has 0 bridgehead atoms. The fourth-order valence-electron chi connectivity index (χ4n) is 0.612. The topological polar surface area (TPSA) is 590 Å². The van der Waals surface area contributed by atoms with Crippen molar-refractivity contribution in [1.29, 1.82) is 0 Å². The quantitative estimate of drug-likeness (QED) is 0.205. The first-order valence-electron chi connectivity index (χ1n) is 6.53. The standard InChI is InChI=1S/4O7Si2.6Si/c4*1-8(2,3)7-9(4,5)6;;;;;;/q4*-6;6*+4. The molecule has 0 aliphatic rings. The van der Waals surface area contributed by atoms with E-state index in [0.29, 0.717) is 0 Å². The van der Waals surface area contributed by atoms with Crippen LogP contribution < -0.4 is 115 Å². The molecule has 0 N–H and O–H groups in total. The van der Waals surface area contributed by atoms with Gasteiger partial charge >= 0.3 is 65.8 Å². The number of hydrogen-bond donors (Lipinski definition) is 0. The maximum atomic E-state index is 9.36. The Morgan fingerprint density at radius 3 is 0.214 bits per heavy atom. The average molecular weight is 841 g/mol. The van der Waals surface area contributed by atoms with Crippen LogP contribution in [0.4, 0.5) is 0 Å². The molecule has 0 aromatic carbocycles. The molecule has 0 saturated heterocycles. The summed E-state index contributed by atoms with van der Waals surface area (Å²) in [5.41, 5.74) is 0. The van der Waals surface area contributed by atoms with Crippen LogP contribution in [-0.4, -0.2) is 138 Å². The molecular formula is O28Si14. The Labute approximate surface area is 269 Å². The van der Waals surface area contributed by atoms with Crippen molar-refractivity contribution in [3.63, 3.8) is 0 Å². The predicted molar refractivity (Wildman–Crippen MR) is 84.9 cm³/mol. The molecule has 0 saturated carbocycles. The van der Waals surface area contributed by atoms with Gasteiger partial charge in [0.05, 0.1) is 0 Å². The second-order valence-corrected chi connectivity index (χ2v) is 15.7. The van der Waals surface area contributed by atoms with E-state index in [-0.39, 0.29) is 65.8 Å². The molecule has 224 valence electrons. The first kappa shape index (κ1) is 70.3. The van der Waals surface area contributed by atoms with Crippen molar-refractivity contribution in [1.82, 2.24) is 0 Å². The smallest absolute Gasteiger partial charge is 0.862 e. The van der Waals surface area contributed by atoms with Gasteiger partial charge in [0.15, 0.2) is 0 Å². The molecule has 42 heavy (non-hydrogen) atoms. The van der Waals surface area contributed by atoms with Crippen molar-refractivity contribution in [2.45, 2.75) is 0 Å². The second kappa shape index (κ2) is 25.9. The van der Waals surface area contributed by atoms with Gasteiger partial charge in [-0.25, -0.2) is 0 Å². The van der Waals surface area contributed by atoms with Crippen molar-refractivity contribution in [2.24, 2.45) is 0 Å². The van der Waals surface area contributed by atoms with Crippen molar-refractivity contribution >= 4 is 138 Å². The summed E-state index contributed by atoms with van der Waals surface area (Å²) >= 11 is 0. The van der Waals surface area contributed by atoms with Gasteiger partial charge in [0, 0.05) is 0 Å². The summed E-state index contributed by atoms with van der Waals surface area (Å²) in [5, 5.41) is 0. The fraction of sp³-hybridized carbons (Fsp3) is 0. The molecular weight excluding hydrogens is 841 g/mol. The summed E-state index contributed by atoms with van der Waals surface area (Å²) in [6.07, 6.45) is 0. The first-order chi connectivity index (χ1) is 14.8. The Balaban J connectivity index is -0.0000000388. The fourth-order valence-corrected chi connectivity index (χ4v) is 5.51. The Hall–Kier alpha value is 1.92. The zero-order chi connectivity index (χ0) is 30.8. The largest absolute Gasteiger partial charge is 4.00 e. The Kier molecular flexibility index (Phi) is 43.4. The van der Waals surface area contributed by atoms with Crippen LogP contribution in [-0.2, 0) is 16.5 Å². The monoisotopic (exact) mass is 840 g/mol. The van der Waals surface area contributed by atoms with Crippen LogP contribution in [0.5, 0.6) is 0 Å². The Morgan fingerprint density at radius 1 is 0.167 bits per heavy atom. The average Bonchev–Trinajstić information content (AvgIpc) is 2.19. The van der Waals surface area contributed by atoms with Gasteiger partial charge in [-0.2, -0.15) is 0 Å². The van der Waals surface area contributed by atoms with Crippen molar-refractivity contribution in [3.8, 4) is 0 Å². The van der Waals surface area contributed by atoms with Crippen LogP contribution in [0, 0.1) is 0 Å². The summed E-state index contributed by atoms with van der Waals surface area (Å²) < 4.78 is 10.3. The summed E-state index contributed by atoms with van der Waals surface area (Å²) in [4.78, 5) is 225. The van der Waals surface area contributed by atoms with Gasteiger partial charge in [0.2, 0.25) is 0 Å². The summed E-state index contributed by atoms with van der Waals surface area (Å²) in [7, 11) is -47.3. The van der Waals surface area contributed by atoms with E-state index in [4.69, 9.17) is 0 Å². The molecule has 0 amide bonds. The molecule has 0 spiro atoms. The van der Waals surface area contributed by atoms with E-state index in [0.717, 1.165) is 0 Å². The second-order valence-electron chi connectivity index (χ2n) is 4.41. The van der Waals surface area contributed by atoms with Crippen LogP contribution in [0.2, 0.25) is 0 Å². The zero-order valence-electron chi connectivity index (χ0n) is 18.4. The molecule has 42 heteroatoms. The molecule has 0 aliphatic carbocycles. The summed E-state index contributed by atoms with van der Waals surface area (Å²) in [6.45, 7) is 0. The van der Waals surface area contributed by atoms with E-state index in [1.165, 1.54) is 0 Å². The molecule has 0 heterocycles. The van der Waals surface area contributed by atoms with E-state index in [2.05, 4.69) is 16.5 Å². The van der Waals surface area contributed by atoms with Gasteiger partial charge in [-0.1, -0.05) is 0 Å². The van der Waals surface area contributed by atoms with Crippen molar-refractivity contribution in [2.75, 3.05) is 0 Å². The van der Waals surface area contributed by atoms with E-state index >= 15 is 0 Å². The molecule has 0 aliphatic heterocycles. The minimum absolute atomic E-state index is 0. The van der Waals surface area contributed by atoms with Gasteiger partial charge < -0.3 is 132 Å². The van der Waals surface area contributed by atoms with Gasteiger partial charge in [-0.05, 0) is 0 Å². The van der Waals surface area contributed by atoms with Crippen molar-refractivity contribution in [3.05, 3.63) is 0 Å². The number of rotatable bonds is 8. The van der Waals surface area contributed by atoms with E-state index in [1.54, 1.807) is 0 Å². The van der Waals surface area contributed by atoms with E-state index in [9.17, 15) is 115 Å².